The number of anilines is 1. The summed E-state index contributed by atoms with van der Waals surface area (Å²) in [4.78, 5) is 44.0. The highest BCUT2D eigenvalue weighted by Gasteiger charge is 2.46. The van der Waals surface area contributed by atoms with E-state index in [1.807, 2.05) is 0 Å². The van der Waals surface area contributed by atoms with E-state index in [1.165, 1.54) is 42.7 Å². The summed E-state index contributed by atoms with van der Waals surface area (Å²) in [6.45, 7) is 3.41. The molecule has 0 bridgehead atoms. The number of rotatable bonds is 6. The maximum absolute atomic E-state index is 13.6. The average Bonchev–Trinajstić information content (AvgIpc) is 3.48. The van der Waals surface area contributed by atoms with E-state index >= 15 is 0 Å². The smallest absolute Gasteiger partial charge is 0.350 e. The Labute approximate surface area is 185 Å². The molecule has 0 aliphatic carbocycles. The molecule has 0 fully saturated rings. The molecule has 1 aromatic carbocycles. The van der Waals surface area contributed by atoms with Crippen LogP contribution in [0.25, 0.3) is 0 Å². The molecule has 0 saturated carbocycles. The van der Waals surface area contributed by atoms with Crippen LogP contribution in [0.2, 0.25) is 0 Å². The first-order valence-corrected chi connectivity index (χ1v) is 10.4. The second-order valence-corrected chi connectivity index (χ2v) is 7.81. The number of hydrogen-bond acceptors (Lipinski definition) is 8. The summed E-state index contributed by atoms with van der Waals surface area (Å²) in [6.07, 6.45) is 1.29. The van der Waals surface area contributed by atoms with Crippen LogP contribution in [0, 0.1) is 12.7 Å². The average molecular weight is 456 g/mol. The van der Waals surface area contributed by atoms with Gasteiger partial charge in [0.1, 0.15) is 10.7 Å². The van der Waals surface area contributed by atoms with Gasteiger partial charge in [-0.1, -0.05) is 23.5 Å². The number of ketones is 1. The molecule has 1 atom stereocenters. The molecule has 164 valence electrons. The minimum atomic E-state index is -1.11. The fraction of sp³-hybridized carbons (Fsp3) is 0.182. The monoisotopic (exact) mass is 456 g/mol. The van der Waals surface area contributed by atoms with Crippen molar-refractivity contribution in [2.45, 2.75) is 19.9 Å². The Morgan fingerprint density at radius 3 is 2.62 bits per heavy atom. The highest BCUT2D eigenvalue weighted by molar-refractivity contribution is 7.17. The van der Waals surface area contributed by atoms with Crippen molar-refractivity contribution in [3.05, 3.63) is 81.7 Å². The van der Waals surface area contributed by atoms with Crippen LogP contribution in [0.4, 0.5) is 9.52 Å². The Hall–Kier alpha value is -3.79. The maximum atomic E-state index is 13.6. The molecule has 1 aliphatic heterocycles. The predicted octanol–water partition coefficient (Wildman–Crippen LogP) is 4.14. The van der Waals surface area contributed by atoms with Crippen LogP contribution in [0.1, 0.15) is 44.4 Å². The van der Waals surface area contributed by atoms with Gasteiger partial charge in [-0.15, -0.1) is 0 Å². The summed E-state index contributed by atoms with van der Waals surface area (Å²) in [5.74, 6) is -3.52. The maximum Gasteiger partial charge on any atom is 0.350 e. The molecular weight excluding hydrogens is 439 g/mol. The molecule has 1 amide bonds. The van der Waals surface area contributed by atoms with Crippen LogP contribution in [0.15, 0.2) is 58.4 Å². The normalized spacial score (nSPS) is 16.0. The van der Waals surface area contributed by atoms with Crippen molar-refractivity contribution in [3.63, 3.8) is 0 Å². The topological polar surface area (TPSA) is 110 Å². The first-order chi connectivity index (χ1) is 15.3. The summed E-state index contributed by atoms with van der Waals surface area (Å²) < 4.78 is 23.7. The van der Waals surface area contributed by atoms with E-state index in [-0.39, 0.29) is 27.9 Å². The van der Waals surface area contributed by atoms with Crippen LogP contribution >= 0.6 is 11.3 Å². The number of thiazole rings is 1. The lowest BCUT2D eigenvalue weighted by Crippen LogP contribution is -2.31. The minimum Gasteiger partial charge on any atom is -0.503 e. The summed E-state index contributed by atoms with van der Waals surface area (Å²) in [7, 11) is 0. The number of aliphatic hydroxyl groups is 1. The summed E-state index contributed by atoms with van der Waals surface area (Å²) >= 11 is 0.896. The zero-order chi connectivity index (χ0) is 23.0. The van der Waals surface area contributed by atoms with Crippen LogP contribution in [0.3, 0.4) is 0 Å². The number of aryl methyl sites for hydroxylation is 1. The molecule has 2 aromatic heterocycles. The highest BCUT2D eigenvalue weighted by Crippen LogP contribution is 2.43. The van der Waals surface area contributed by atoms with Gasteiger partial charge >= 0.3 is 5.97 Å². The van der Waals surface area contributed by atoms with Crippen molar-refractivity contribution >= 4 is 34.1 Å². The summed E-state index contributed by atoms with van der Waals surface area (Å²) in [6, 6.07) is 6.97. The fourth-order valence-corrected chi connectivity index (χ4v) is 4.39. The van der Waals surface area contributed by atoms with Crippen LogP contribution in [-0.2, 0) is 9.53 Å². The van der Waals surface area contributed by atoms with E-state index in [2.05, 4.69) is 4.98 Å². The van der Waals surface area contributed by atoms with Gasteiger partial charge in [0, 0.05) is 0 Å². The van der Waals surface area contributed by atoms with Crippen LogP contribution in [0.5, 0.6) is 0 Å². The lowest BCUT2D eigenvalue weighted by molar-refractivity contribution is -0.117. The number of carbonyl (C=O) groups is 3. The van der Waals surface area contributed by atoms with E-state index in [0.29, 0.717) is 11.3 Å². The number of nitrogens with zero attached hydrogens (tertiary/aromatic N) is 2. The Balaban J connectivity index is 1.84. The molecule has 8 nitrogen and oxygen atoms in total. The predicted molar refractivity (Wildman–Crippen MR) is 112 cm³/mol. The number of carbonyl (C=O) groups excluding carboxylic acids is 3. The van der Waals surface area contributed by atoms with Gasteiger partial charge in [0.2, 0.25) is 5.78 Å². The lowest BCUT2D eigenvalue weighted by atomic mass is 9.95. The molecular formula is C22H17FN2O6S. The molecule has 0 saturated heterocycles. The van der Waals surface area contributed by atoms with E-state index in [4.69, 9.17) is 9.15 Å². The molecule has 0 unspecified atom stereocenters. The largest absolute Gasteiger partial charge is 0.503 e. The van der Waals surface area contributed by atoms with Gasteiger partial charge < -0.3 is 14.3 Å². The molecule has 0 spiro atoms. The summed E-state index contributed by atoms with van der Waals surface area (Å²) in [5, 5.41) is 10.7. The molecule has 3 heterocycles. The number of aromatic nitrogens is 1. The molecule has 1 aliphatic rings. The number of hydrogen-bond donors (Lipinski definition) is 1. The fourth-order valence-electron chi connectivity index (χ4n) is 3.41. The highest BCUT2D eigenvalue weighted by atomic mass is 32.1. The number of esters is 1. The van der Waals surface area contributed by atoms with Crippen LogP contribution in [-0.4, -0.2) is 34.4 Å². The Morgan fingerprint density at radius 1 is 1.28 bits per heavy atom. The molecule has 1 N–H and O–H groups in total. The van der Waals surface area contributed by atoms with Gasteiger partial charge in [-0.3, -0.25) is 14.5 Å². The Kier molecular flexibility index (Phi) is 5.62. The Morgan fingerprint density at radius 2 is 2.00 bits per heavy atom. The lowest BCUT2D eigenvalue weighted by Gasteiger charge is -2.24. The van der Waals surface area contributed by atoms with Gasteiger partial charge in [0.25, 0.3) is 5.91 Å². The zero-order valence-corrected chi connectivity index (χ0v) is 17.8. The second-order valence-electron chi connectivity index (χ2n) is 6.83. The molecule has 10 heteroatoms. The Bertz CT molecular complexity index is 1230. The molecule has 4 rings (SSSR count). The van der Waals surface area contributed by atoms with Crippen molar-refractivity contribution in [3.8, 4) is 0 Å². The van der Waals surface area contributed by atoms with Crippen molar-refractivity contribution in [2.75, 3.05) is 11.5 Å². The quantitative estimate of drug-likeness (QED) is 0.438. The standard InChI is InChI=1S/C22H17FN2O6S/c1-3-30-21(29)19-11(2)24-22(32-19)25-16(12-6-8-13(23)9-7-12)15(18(27)20(25)28)17(26)14-5-4-10-31-14/h4-10,16,27H,3H2,1-2H3/t16-/m0/s1. The van der Waals surface area contributed by atoms with Crippen molar-refractivity contribution in [1.82, 2.24) is 4.98 Å². The second kappa shape index (κ2) is 8.39. The first-order valence-electron chi connectivity index (χ1n) is 9.58. The number of amides is 1. The zero-order valence-electron chi connectivity index (χ0n) is 17.0. The molecule has 3 aromatic rings. The van der Waals surface area contributed by atoms with E-state index in [0.717, 1.165) is 16.2 Å². The van der Waals surface area contributed by atoms with Gasteiger partial charge in [-0.25, -0.2) is 14.2 Å². The van der Waals surface area contributed by atoms with Crippen molar-refractivity contribution in [2.24, 2.45) is 0 Å². The number of aliphatic hydroxyl groups excluding tert-OH is 1. The van der Waals surface area contributed by atoms with E-state index in [9.17, 15) is 23.9 Å². The molecule has 0 radical (unpaired) electrons. The third-order valence-corrected chi connectivity index (χ3v) is 5.97. The number of furan rings is 1. The van der Waals surface area contributed by atoms with Gasteiger partial charge in [-0.05, 0) is 43.7 Å². The summed E-state index contributed by atoms with van der Waals surface area (Å²) in [5.41, 5.74) is 0.464. The van der Waals surface area contributed by atoms with Crippen molar-refractivity contribution in [1.29, 1.82) is 0 Å². The first kappa shape index (κ1) is 21.4. The number of ether oxygens (including phenoxy) is 1. The SMILES string of the molecule is CCOC(=O)c1sc(N2C(=O)C(O)=C(C(=O)c3ccco3)[C@@H]2c2ccc(F)cc2)nc1C. The number of Topliss-reactive ketones (excluding diaryl/α,β-unsaturated/α-hetero) is 1. The van der Waals surface area contributed by atoms with E-state index in [1.54, 1.807) is 13.8 Å². The van der Waals surface area contributed by atoms with E-state index < -0.39 is 35.3 Å². The third-order valence-electron chi connectivity index (χ3n) is 4.84. The molecule has 32 heavy (non-hydrogen) atoms. The van der Waals surface area contributed by atoms with Gasteiger partial charge in [-0.2, -0.15) is 0 Å². The van der Waals surface area contributed by atoms with Gasteiger partial charge in [0.05, 0.1) is 30.2 Å². The van der Waals surface area contributed by atoms with Crippen LogP contribution < -0.4 is 4.90 Å². The number of benzene rings is 1. The number of halogens is 1. The van der Waals surface area contributed by atoms with Crippen molar-refractivity contribution < 1.29 is 33.0 Å². The minimum absolute atomic E-state index is 0.0733. The van der Waals surface area contributed by atoms with Gasteiger partial charge in [0.15, 0.2) is 16.7 Å². The third kappa shape index (κ3) is 3.58.